The van der Waals surface area contributed by atoms with Crippen molar-refractivity contribution in [2.45, 2.75) is 30.7 Å². The zero-order valence-electron chi connectivity index (χ0n) is 16.9. The first kappa shape index (κ1) is 22.9. The van der Waals surface area contributed by atoms with Gasteiger partial charge in [0.15, 0.2) is 5.16 Å². The Bertz CT molecular complexity index is 1020. The van der Waals surface area contributed by atoms with Crippen LogP contribution in [0.15, 0.2) is 65.8 Å². The number of rotatable bonds is 7. The van der Waals surface area contributed by atoms with Crippen LogP contribution in [-0.4, -0.2) is 45.3 Å². The van der Waals surface area contributed by atoms with Crippen molar-refractivity contribution < 1.29 is 22.4 Å². The largest absolute Gasteiger partial charge is 0.360 e. The Hall–Kier alpha value is -2.81. The number of aromatic nitrogens is 2. The molecule has 1 amide bonds. The fourth-order valence-corrected chi connectivity index (χ4v) is 3.84. The Morgan fingerprint density at radius 3 is 2.00 bits per heavy atom. The highest BCUT2D eigenvalue weighted by molar-refractivity contribution is 8.00. The van der Waals surface area contributed by atoms with Crippen LogP contribution in [-0.2, 0) is 0 Å². The average molecular weight is 451 g/mol. The van der Waals surface area contributed by atoms with E-state index in [2.05, 4.69) is 4.98 Å². The number of hydrogen-bond donors (Lipinski definition) is 0. The SMILES string of the molecule is CCN(CC)C(=O)n1c(SC(F)(F)C(F)F)nc(-c2ccccc2)c1-c1ccccc1. The molecule has 0 aliphatic rings. The van der Waals surface area contributed by atoms with Gasteiger partial charge in [0, 0.05) is 24.2 Å². The fourth-order valence-electron chi connectivity index (χ4n) is 3.11. The zero-order chi connectivity index (χ0) is 22.6. The lowest BCUT2D eigenvalue weighted by Gasteiger charge is -2.22. The summed E-state index contributed by atoms with van der Waals surface area (Å²) in [6.07, 6.45) is -3.91. The lowest BCUT2D eigenvalue weighted by Crippen LogP contribution is -2.35. The molecule has 31 heavy (non-hydrogen) atoms. The van der Waals surface area contributed by atoms with Gasteiger partial charge in [0.05, 0.1) is 11.4 Å². The summed E-state index contributed by atoms with van der Waals surface area (Å²) >= 11 is -0.407. The lowest BCUT2D eigenvalue weighted by molar-refractivity contribution is -0.0566. The number of imidazole rings is 1. The quantitative estimate of drug-likeness (QED) is 0.305. The summed E-state index contributed by atoms with van der Waals surface area (Å²) < 4.78 is 55.0. The molecule has 0 spiro atoms. The van der Waals surface area contributed by atoms with Gasteiger partial charge in [0.1, 0.15) is 0 Å². The van der Waals surface area contributed by atoms with Crippen LogP contribution in [0.25, 0.3) is 22.5 Å². The summed E-state index contributed by atoms with van der Waals surface area (Å²) in [4.78, 5) is 19.0. The second kappa shape index (κ2) is 9.55. The topological polar surface area (TPSA) is 38.1 Å². The van der Waals surface area contributed by atoms with Gasteiger partial charge in [-0.1, -0.05) is 60.7 Å². The van der Waals surface area contributed by atoms with Crippen molar-refractivity contribution in [3.05, 3.63) is 60.7 Å². The van der Waals surface area contributed by atoms with E-state index in [-0.39, 0.29) is 11.4 Å². The minimum absolute atomic E-state index is 0.264. The van der Waals surface area contributed by atoms with Crippen molar-refractivity contribution >= 4 is 17.8 Å². The van der Waals surface area contributed by atoms with Crippen LogP contribution in [0.5, 0.6) is 0 Å². The Kier molecular flexibility index (Phi) is 7.04. The number of halogens is 4. The molecule has 9 heteroatoms. The van der Waals surface area contributed by atoms with Crippen molar-refractivity contribution in [1.29, 1.82) is 0 Å². The monoisotopic (exact) mass is 451 g/mol. The summed E-state index contributed by atoms with van der Waals surface area (Å²) in [5, 5.41) is -4.89. The van der Waals surface area contributed by atoms with E-state index in [0.29, 0.717) is 24.2 Å². The fraction of sp³-hybridized carbons (Fsp3) is 0.273. The zero-order valence-corrected chi connectivity index (χ0v) is 17.8. The highest BCUT2D eigenvalue weighted by atomic mass is 32.2. The number of benzene rings is 2. The van der Waals surface area contributed by atoms with Crippen molar-refractivity contribution in [2.24, 2.45) is 0 Å². The molecule has 0 radical (unpaired) electrons. The molecule has 0 atom stereocenters. The van der Waals surface area contributed by atoms with Crippen LogP contribution in [0.4, 0.5) is 22.4 Å². The first-order valence-electron chi connectivity index (χ1n) is 9.68. The Morgan fingerprint density at radius 1 is 1.00 bits per heavy atom. The van der Waals surface area contributed by atoms with Gasteiger partial charge in [-0.25, -0.2) is 23.1 Å². The third kappa shape index (κ3) is 4.76. The van der Waals surface area contributed by atoms with Crippen LogP contribution in [0.3, 0.4) is 0 Å². The molecule has 4 nitrogen and oxygen atoms in total. The Balaban J connectivity index is 2.32. The number of alkyl halides is 4. The molecule has 3 rings (SSSR count). The minimum atomic E-state index is -4.41. The standard InChI is InChI=1S/C22H21F4N3OS/c1-3-28(4-2)21(30)29-18(16-13-9-6-10-14-16)17(15-11-7-5-8-12-15)27-20(29)31-22(25,26)19(23)24/h5-14,19H,3-4H2,1-2H3. The van der Waals surface area contributed by atoms with Crippen LogP contribution in [0.2, 0.25) is 0 Å². The second-order valence-corrected chi connectivity index (χ2v) is 7.69. The van der Waals surface area contributed by atoms with Gasteiger partial charge in [0.2, 0.25) is 0 Å². The van der Waals surface area contributed by atoms with E-state index in [9.17, 15) is 22.4 Å². The molecule has 1 aromatic heterocycles. The van der Waals surface area contributed by atoms with Crippen LogP contribution < -0.4 is 0 Å². The van der Waals surface area contributed by atoms with E-state index in [0.717, 1.165) is 4.57 Å². The summed E-state index contributed by atoms with van der Waals surface area (Å²) in [5.74, 6) is 0. The molecule has 2 aromatic carbocycles. The van der Waals surface area contributed by atoms with Crippen molar-refractivity contribution in [1.82, 2.24) is 14.5 Å². The molecule has 3 aromatic rings. The number of carbonyl (C=O) groups excluding carboxylic acids is 1. The third-order valence-electron chi connectivity index (χ3n) is 4.65. The summed E-state index contributed by atoms with van der Waals surface area (Å²) in [6.45, 7) is 4.13. The van der Waals surface area contributed by atoms with E-state index < -0.39 is 34.6 Å². The second-order valence-electron chi connectivity index (χ2n) is 6.58. The van der Waals surface area contributed by atoms with Crippen LogP contribution in [0, 0.1) is 0 Å². The van der Waals surface area contributed by atoms with Crippen molar-refractivity contribution in [3.63, 3.8) is 0 Å². The van der Waals surface area contributed by atoms with Crippen LogP contribution >= 0.6 is 11.8 Å². The molecule has 0 unspecified atom stereocenters. The summed E-state index contributed by atoms with van der Waals surface area (Å²) in [7, 11) is 0. The average Bonchev–Trinajstić information content (AvgIpc) is 3.14. The number of nitrogens with zero attached hydrogens (tertiary/aromatic N) is 3. The molecule has 0 saturated heterocycles. The van der Waals surface area contributed by atoms with Crippen molar-refractivity contribution in [2.75, 3.05) is 13.1 Å². The first-order chi connectivity index (χ1) is 14.8. The highest BCUT2D eigenvalue weighted by Gasteiger charge is 2.44. The summed E-state index contributed by atoms with van der Waals surface area (Å²) in [6, 6.07) is 16.8. The number of amides is 1. The van der Waals surface area contributed by atoms with Gasteiger partial charge in [0.25, 0.3) is 0 Å². The predicted molar refractivity (Wildman–Crippen MR) is 114 cm³/mol. The highest BCUT2D eigenvalue weighted by Crippen LogP contribution is 2.44. The minimum Gasteiger partial charge on any atom is -0.325 e. The third-order valence-corrected chi connectivity index (χ3v) is 5.55. The maximum absolute atomic E-state index is 14.0. The van der Waals surface area contributed by atoms with E-state index >= 15 is 0 Å². The molecule has 0 N–H and O–H groups in total. The van der Waals surface area contributed by atoms with Crippen molar-refractivity contribution in [3.8, 4) is 22.5 Å². The molecule has 0 aliphatic carbocycles. The van der Waals surface area contributed by atoms with E-state index in [1.54, 1.807) is 74.5 Å². The van der Waals surface area contributed by atoms with Gasteiger partial charge in [-0.2, -0.15) is 8.78 Å². The number of thioether (sulfide) groups is 1. The molecule has 0 aliphatic heterocycles. The van der Waals surface area contributed by atoms with Crippen LogP contribution in [0.1, 0.15) is 13.8 Å². The molecule has 0 bridgehead atoms. The first-order valence-corrected chi connectivity index (χ1v) is 10.5. The lowest BCUT2D eigenvalue weighted by atomic mass is 10.0. The maximum atomic E-state index is 14.0. The van der Waals surface area contributed by atoms with E-state index in [4.69, 9.17) is 0 Å². The normalized spacial score (nSPS) is 11.7. The molecular weight excluding hydrogens is 430 g/mol. The van der Waals surface area contributed by atoms with Gasteiger partial charge in [-0.3, -0.25) is 0 Å². The molecule has 164 valence electrons. The predicted octanol–water partition coefficient (Wildman–Crippen LogP) is 6.48. The van der Waals surface area contributed by atoms with Gasteiger partial charge >= 0.3 is 17.7 Å². The Morgan fingerprint density at radius 2 is 1.52 bits per heavy atom. The van der Waals surface area contributed by atoms with Gasteiger partial charge in [-0.15, -0.1) is 0 Å². The van der Waals surface area contributed by atoms with E-state index in [1.165, 1.54) is 4.90 Å². The molecule has 0 fully saturated rings. The summed E-state index contributed by atoms with van der Waals surface area (Å²) in [5.41, 5.74) is 1.67. The molecule has 1 heterocycles. The Labute approximate surface area is 181 Å². The van der Waals surface area contributed by atoms with E-state index in [1.807, 2.05) is 0 Å². The van der Waals surface area contributed by atoms with Gasteiger partial charge < -0.3 is 4.90 Å². The maximum Gasteiger partial charge on any atom is 0.360 e. The smallest absolute Gasteiger partial charge is 0.325 e. The van der Waals surface area contributed by atoms with Gasteiger partial charge in [-0.05, 0) is 25.6 Å². The number of carbonyl (C=O) groups is 1. The molecule has 0 saturated carbocycles. The number of hydrogen-bond acceptors (Lipinski definition) is 3. The molecular formula is C22H21F4N3OS.